The van der Waals surface area contributed by atoms with Crippen molar-refractivity contribution in [3.05, 3.63) is 156 Å². The van der Waals surface area contributed by atoms with Crippen molar-refractivity contribution < 1.29 is 18.0 Å². The van der Waals surface area contributed by atoms with Gasteiger partial charge in [0.15, 0.2) is 11.6 Å². The Hall–Kier alpha value is -5.04. The van der Waals surface area contributed by atoms with Crippen LogP contribution in [0.25, 0.3) is 33.4 Å². The van der Waals surface area contributed by atoms with Crippen molar-refractivity contribution in [2.45, 2.75) is 19.6 Å². The first-order chi connectivity index (χ1) is 21.5. The SMILES string of the molecule is O=C1c2ccccc2S(=O)c2ccc(-c3ccccc3-c3ccccc3-c3ccc4c(c3)C(=O)c3ccccc3S4=O)cc21. The second-order valence-corrected chi connectivity index (χ2v) is 13.5. The van der Waals surface area contributed by atoms with E-state index < -0.39 is 21.6 Å². The van der Waals surface area contributed by atoms with Gasteiger partial charge in [0.2, 0.25) is 0 Å². The molecule has 0 fully saturated rings. The molecule has 0 bridgehead atoms. The van der Waals surface area contributed by atoms with Gasteiger partial charge < -0.3 is 0 Å². The lowest BCUT2D eigenvalue weighted by molar-refractivity contribution is 0.102. The van der Waals surface area contributed by atoms with Crippen molar-refractivity contribution >= 4 is 33.2 Å². The first-order valence-electron chi connectivity index (χ1n) is 14.1. The minimum absolute atomic E-state index is 0.132. The van der Waals surface area contributed by atoms with Crippen LogP contribution in [0.5, 0.6) is 0 Å². The van der Waals surface area contributed by atoms with Gasteiger partial charge in [-0.25, -0.2) is 8.42 Å². The molecule has 6 aromatic carbocycles. The summed E-state index contributed by atoms with van der Waals surface area (Å²) in [5.41, 5.74) is 7.26. The van der Waals surface area contributed by atoms with E-state index in [4.69, 9.17) is 0 Å². The zero-order chi connectivity index (χ0) is 29.9. The van der Waals surface area contributed by atoms with Gasteiger partial charge in [-0.05, 0) is 81.9 Å². The van der Waals surface area contributed by atoms with Gasteiger partial charge in [-0.2, -0.15) is 0 Å². The summed E-state index contributed by atoms with van der Waals surface area (Å²) < 4.78 is 26.6. The standard InChI is InChI=1S/C38H22O4S2/c39-37-29-13-5-7-15-33(29)43(41)35-19-17-23(21-31(35)37)25-9-1-3-11-27(25)28-12-4-2-10-26(28)24-18-20-36-32(22-24)38(40)30-14-6-8-16-34(30)44(36)42/h1-22H. The molecule has 44 heavy (non-hydrogen) atoms. The van der Waals surface area contributed by atoms with Gasteiger partial charge in [0, 0.05) is 22.3 Å². The quantitative estimate of drug-likeness (QED) is 0.204. The number of benzene rings is 6. The van der Waals surface area contributed by atoms with Gasteiger partial charge in [0.05, 0.1) is 41.2 Å². The molecular weight excluding hydrogens is 585 g/mol. The van der Waals surface area contributed by atoms with Gasteiger partial charge in [-0.1, -0.05) is 84.9 Å². The zero-order valence-electron chi connectivity index (χ0n) is 23.2. The molecule has 0 saturated carbocycles. The third kappa shape index (κ3) is 4.03. The molecule has 2 aliphatic rings. The van der Waals surface area contributed by atoms with E-state index in [0.717, 1.165) is 33.4 Å². The number of carbonyl (C=O) groups is 2. The Morgan fingerprint density at radius 2 is 0.636 bits per heavy atom. The highest BCUT2D eigenvalue weighted by molar-refractivity contribution is 7.85. The molecule has 2 atom stereocenters. The van der Waals surface area contributed by atoms with Crippen molar-refractivity contribution in [3.63, 3.8) is 0 Å². The van der Waals surface area contributed by atoms with Crippen LogP contribution >= 0.6 is 0 Å². The van der Waals surface area contributed by atoms with E-state index in [1.807, 2.05) is 72.8 Å². The smallest absolute Gasteiger partial charge is 0.195 e. The Balaban J connectivity index is 1.25. The minimum Gasteiger partial charge on any atom is -0.289 e. The molecule has 0 amide bonds. The van der Waals surface area contributed by atoms with E-state index in [9.17, 15) is 18.0 Å². The summed E-state index contributed by atoms with van der Waals surface area (Å²) in [6, 6.07) is 41.2. The van der Waals surface area contributed by atoms with E-state index in [2.05, 4.69) is 0 Å². The molecule has 8 rings (SSSR count). The average Bonchev–Trinajstić information content (AvgIpc) is 3.09. The van der Waals surface area contributed by atoms with E-state index in [-0.39, 0.29) is 11.6 Å². The monoisotopic (exact) mass is 606 g/mol. The molecule has 2 unspecified atom stereocenters. The molecule has 6 aromatic rings. The topological polar surface area (TPSA) is 68.3 Å². The summed E-state index contributed by atoms with van der Waals surface area (Å²) in [6.07, 6.45) is 0. The van der Waals surface area contributed by atoms with E-state index in [0.29, 0.717) is 41.8 Å². The van der Waals surface area contributed by atoms with Gasteiger partial charge in [0.25, 0.3) is 0 Å². The summed E-state index contributed by atoms with van der Waals surface area (Å²) in [6.45, 7) is 0. The Bertz CT molecular complexity index is 2110. The van der Waals surface area contributed by atoms with E-state index >= 15 is 0 Å². The fourth-order valence-corrected chi connectivity index (χ4v) is 8.86. The van der Waals surface area contributed by atoms with Crippen LogP contribution in [-0.4, -0.2) is 20.0 Å². The third-order valence-corrected chi connectivity index (χ3v) is 11.3. The fraction of sp³-hybridized carbons (Fsp3) is 0. The lowest BCUT2D eigenvalue weighted by Crippen LogP contribution is -2.16. The summed E-state index contributed by atoms with van der Waals surface area (Å²) in [7, 11) is -2.87. The van der Waals surface area contributed by atoms with E-state index in [1.54, 1.807) is 60.7 Å². The summed E-state index contributed by atoms with van der Waals surface area (Å²) >= 11 is 0. The van der Waals surface area contributed by atoms with Crippen LogP contribution in [0.4, 0.5) is 0 Å². The maximum atomic E-state index is 13.5. The fourth-order valence-electron chi connectivity index (χ4n) is 6.17. The molecule has 2 aliphatic heterocycles. The summed E-state index contributed by atoms with van der Waals surface area (Å²) in [4.78, 5) is 29.1. The molecule has 0 radical (unpaired) electrons. The van der Waals surface area contributed by atoms with Crippen LogP contribution in [0.2, 0.25) is 0 Å². The van der Waals surface area contributed by atoms with Crippen LogP contribution < -0.4 is 0 Å². The molecular formula is C38H22O4S2. The highest BCUT2D eigenvalue weighted by atomic mass is 32.2. The van der Waals surface area contributed by atoms with Crippen LogP contribution in [0.1, 0.15) is 31.8 Å². The van der Waals surface area contributed by atoms with Crippen LogP contribution in [0.15, 0.2) is 153 Å². The third-order valence-electron chi connectivity index (χ3n) is 8.28. The van der Waals surface area contributed by atoms with Crippen molar-refractivity contribution in [2.75, 3.05) is 0 Å². The summed E-state index contributed by atoms with van der Waals surface area (Å²) in [5, 5.41) is 0. The maximum Gasteiger partial charge on any atom is 0.195 e. The predicted molar refractivity (Wildman–Crippen MR) is 172 cm³/mol. The van der Waals surface area contributed by atoms with Gasteiger partial charge in [-0.15, -0.1) is 0 Å². The number of carbonyl (C=O) groups excluding carboxylic acids is 2. The van der Waals surface area contributed by atoms with Crippen LogP contribution in [0, 0.1) is 0 Å². The molecule has 4 nitrogen and oxygen atoms in total. The van der Waals surface area contributed by atoms with Gasteiger partial charge in [-0.3, -0.25) is 9.59 Å². The molecule has 210 valence electrons. The Labute approximate surface area is 259 Å². The van der Waals surface area contributed by atoms with Gasteiger partial charge >= 0.3 is 0 Å². The minimum atomic E-state index is -1.44. The second kappa shape index (κ2) is 10.3. The highest BCUT2D eigenvalue weighted by Crippen LogP contribution is 2.42. The lowest BCUT2D eigenvalue weighted by atomic mass is 9.88. The molecule has 0 N–H and O–H groups in total. The molecule has 0 spiro atoms. The normalized spacial score (nSPS) is 16.5. The maximum absolute atomic E-state index is 13.5. The molecule has 6 heteroatoms. The largest absolute Gasteiger partial charge is 0.289 e. The number of rotatable bonds is 3. The van der Waals surface area contributed by atoms with Crippen LogP contribution in [-0.2, 0) is 21.6 Å². The van der Waals surface area contributed by atoms with Crippen molar-refractivity contribution in [2.24, 2.45) is 0 Å². The number of fused-ring (bicyclic) bond motifs is 4. The number of ketones is 2. The van der Waals surface area contributed by atoms with Crippen molar-refractivity contribution in [1.82, 2.24) is 0 Å². The Kier molecular flexibility index (Phi) is 6.22. The molecule has 0 aliphatic carbocycles. The first-order valence-corrected chi connectivity index (χ1v) is 16.4. The average molecular weight is 607 g/mol. The van der Waals surface area contributed by atoms with Crippen LogP contribution in [0.3, 0.4) is 0 Å². The van der Waals surface area contributed by atoms with Crippen molar-refractivity contribution in [3.8, 4) is 33.4 Å². The number of hydrogen-bond donors (Lipinski definition) is 0. The Morgan fingerprint density at radius 1 is 0.318 bits per heavy atom. The highest BCUT2D eigenvalue weighted by Gasteiger charge is 2.30. The predicted octanol–water partition coefficient (Wildman–Crippen LogP) is 8.11. The van der Waals surface area contributed by atoms with Gasteiger partial charge in [0.1, 0.15) is 0 Å². The molecule has 2 heterocycles. The number of hydrogen-bond acceptors (Lipinski definition) is 4. The Morgan fingerprint density at radius 3 is 1.05 bits per heavy atom. The first kappa shape index (κ1) is 26.6. The molecule has 0 saturated heterocycles. The lowest BCUT2D eigenvalue weighted by Gasteiger charge is -2.20. The summed E-state index contributed by atoms with van der Waals surface area (Å²) in [5.74, 6) is -0.264. The second-order valence-electron chi connectivity index (χ2n) is 10.7. The van der Waals surface area contributed by atoms with E-state index in [1.165, 1.54) is 0 Å². The molecule has 0 aromatic heterocycles. The van der Waals surface area contributed by atoms with Crippen molar-refractivity contribution in [1.29, 1.82) is 0 Å². The zero-order valence-corrected chi connectivity index (χ0v) is 24.8.